The number of benzene rings is 1. The van der Waals surface area contributed by atoms with Gasteiger partial charge in [0, 0.05) is 5.56 Å². The number of halogens is 1. The van der Waals surface area contributed by atoms with Crippen LogP contribution in [0.25, 0.3) is 0 Å². The van der Waals surface area contributed by atoms with E-state index in [2.05, 4.69) is 6.92 Å². The van der Waals surface area contributed by atoms with E-state index in [0.29, 0.717) is 5.56 Å². The fourth-order valence-corrected chi connectivity index (χ4v) is 1.97. The predicted molar refractivity (Wildman–Crippen MR) is 63.5 cm³/mol. The first-order chi connectivity index (χ1) is 8.22. The first-order valence-corrected chi connectivity index (χ1v) is 6.17. The van der Waals surface area contributed by atoms with E-state index in [0.717, 1.165) is 12.8 Å². The summed E-state index contributed by atoms with van der Waals surface area (Å²) < 4.78 is 18.1. The lowest BCUT2D eigenvalue weighted by molar-refractivity contribution is 0.0953. The Morgan fingerprint density at radius 2 is 2.00 bits per heavy atom. The Morgan fingerprint density at radius 3 is 2.65 bits per heavy atom. The molecule has 92 valence electrons. The van der Waals surface area contributed by atoms with E-state index in [1.165, 1.54) is 37.1 Å². The lowest BCUT2D eigenvalue weighted by Gasteiger charge is -1.97. The molecule has 0 amide bonds. The normalized spacial score (nSPS) is 22.5. The largest absolute Gasteiger partial charge is 0.361 e. The van der Waals surface area contributed by atoms with E-state index in [1.54, 1.807) is 0 Å². The molecule has 0 unspecified atom stereocenters. The van der Waals surface area contributed by atoms with Gasteiger partial charge in [0.15, 0.2) is 5.78 Å². The van der Waals surface area contributed by atoms with Crippen molar-refractivity contribution in [3.8, 4) is 0 Å². The fraction of sp³-hybridized carbons (Fsp3) is 0.500. The van der Waals surface area contributed by atoms with Gasteiger partial charge in [-0.05, 0) is 30.7 Å². The second-order valence-corrected chi connectivity index (χ2v) is 4.46. The molecule has 2 rings (SSSR count). The number of carbonyl (C=O) groups excluding carboxylic acids is 1. The minimum atomic E-state index is -0.322. The molecular weight excluding hydrogens is 219 g/mol. The highest BCUT2D eigenvalue weighted by Gasteiger charge is 2.44. The number of ketones is 1. The molecule has 0 bridgehead atoms. The number of ether oxygens (including phenoxy) is 1. The number of hydrogen-bond acceptors (Lipinski definition) is 2. The monoisotopic (exact) mass is 236 g/mol. The lowest BCUT2D eigenvalue weighted by atomic mass is 10.0. The van der Waals surface area contributed by atoms with Gasteiger partial charge in [0.05, 0.1) is 6.10 Å². The van der Waals surface area contributed by atoms with Crippen LogP contribution in [-0.2, 0) is 4.74 Å². The minimum absolute atomic E-state index is 0.0218. The molecule has 0 N–H and O–H groups in total. The van der Waals surface area contributed by atoms with E-state index in [4.69, 9.17) is 4.74 Å². The molecule has 1 fully saturated rings. The average Bonchev–Trinajstić information content (AvgIpc) is 3.09. The van der Waals surface area contributed by atoms with Crippen molar-refractivity contribution in [2.45, 2.75) is 44.8 Å². The first kappa shape index (κ1) is 12.2. The lowest BCUT2D eigenvalue weighted by Crippen LogP contribution is -2.10. The van der Waals surface area contributed by atoms with Crippen molar-refractivity contribution < 1.29 is 13.9 Å². The zero-order valence-corrected chi connectivity index (χ0v) is 9.99. The highest BCUT2D eigenvalue weighted by molar-refractivity contribution is 6.01. The maximum atomic E-state index is 12.7. The van der Waals surface area contributed by atoms with Crippen LogP contribution in [0.1, 0.15) is 43.0 Å². The molecule has 3 heteroatoms. The molecule has 1 aliphatic heterocycles. The Morgan fingerprint density at radius 1 is 1.29 bits per heavy atom. The third-order valence-corrected chi connectivity index (χ3v) is 3.06. The maximum absolute atomic E-state index is 12.7. The molecule has 0 radical (unpaired) electrons. The molecule has 0 aliphatic carbocycles. The Hall–Kier alpha value is -1.22. The van der Waals surface area contributed by atoms with Crippen LogP contribution < -0.4 is 0 Å². The quantitative estimate of drug-likeness (QED) is 0.430. The fourth-order valence-electron chi connectivity index (χ4n) is 1.97. The summed E-state index contributed by atoms with van der Waals surface area (Å²) in [5.74, 6) is -0.343. The summed E-state index contributed by atoms with van der Waals surface area (Å²) in [7, 11) is 0. The molecule has 2 nitrogen and oxygen atoms in total. The van der Waals surface area contributed by atoms with Gasteiger partial charge in [-0.15, -0.1) is 0 Å². The van der Waals surface area contributed by atoms with Crippen LogP contribution in [0.15, 0.2) is 24.3 Å². The van der Waals surface area contributed by atoms with Gasteiger partial charge in [-0.25, -0.2) is 4.39 Å². The number of epoxide rings is 1. The molecule has 2 atom stereocenters. The van der Waals surface area contributed by atoms with Crippen molar-refractivity contribution in [1.82, 2.24) is 0 Å². The summed E-state index contributed by atoms with van der Waals surface area (Å²) >= 11 is 0. The zero-order chi connectivity index (χ0) is 12.3. The summed E-state index contributed by atoms with van der Waals surface area (Å²) in [6.07, 6.45) is 4.19. The highest BCUT2D eigenvalue weighted by Crippen LogP contribution is 2.30. The molecule has 1 aromatic carbocycles. The van der Waals surface area contributed by atoms with E-state index < -0.39 is 0 Å². The smallest absolute Gasteiger partial charge is 0.194 e. The van der Waals surface area contributed by atoms with Crippen LogP contribution in [0.4, 0.5) is 4.39 Å². The van der Waals surface area contributed by atoms with Crippen molar-refractivity contribution in [3.63, 3.8) is 0 Å². The maximum Gasteiger partial charge on any atom is 0.194 e. The molecule has 1 heterocycles. The van der Waals surface area contributed by atoms with Crippen molar-refractivity contribution >= 4 is 5.78 Å². The molecule has 0 spiro atoms. The van der Waals surface area contributed by atoms with Gasteiger partial charge >= 0.3 is 0 Å². The predicted octanol–water partition coefficient (Wildman–Crippen LogP) is 3.36. The van der Waals surface area contributed by atoms with Gasteiger partial charge in [0.25, 0.3) is 0 Å². The summed E-state index contributed by atoms with van der Waals surface area (Å²) in [6, 6.07) is 5.65. The summed E-state index contributed by atoms with van der Waals surface area (Å²) in [5, 5.41) is 0. The molecule has 1 saturated heterocycles. The Kier molecular flexibility index (Phi) is 3.89. The molecule has 1 aliphatic rings. The van der Waals surface area contributed by atoms with Crippen molar-refractivity contribution in [3.05, 3.63) is 35.6 Å². The second-order valence-electron chi connectivity index (χ2n) is 4.46. The van der Waals surface area contributed by atoms with E-state index in [9.17, 15) is 9.18 Å². The molecule has 0 saturated carbocycles. The Bertz CT molecular complexity index is 386. The van der Waals surface area contributed by atoms with Crippen LogP contribution in [-0.4, -0.2) is 18.0 Å². The summed E-state index contributed by atoms with van der Waals surface area (Å²) in [4.78, 5) is 11.9. The van der Waals surface area contributed by atoms with Crippen molar-refractivity contribution in [2.24, 2.45) is 0 Å². The van der Waals surface area contributed by atoms with Crippen molar-refractivity contribution in [2.75, 3.05) is 0 Å². The zero-order valence-electron chi connectivity index (χ0n) is 9.99. The van der Waals surface area contributed by atoms with Gasteiger partial charge in [0.2, 0.25) is 0 Å². The van der Waals surface area contributed by atoms with Gasteiger partial charge in [-0.3, -0.25) is 4.79 Å². The van der Waals surface area contributed by atoms with E-state index in [-0.39, 0.29) is 23.8 Å². The van der Waals surface area contributed by atoms with Gasteiger partial charge < -0.3 is 4.74 Å². The topological polar surface area (TPSA) is 29.6 Å². The number of Topliss-reactive ketones (excluding diaryl/α,β-unsaturated/α-hetero) is 1. The SMILES string of the molecule is CCCCC[C@@H]1O[C@H]1C(=O)c1ccc(F)cc1. The first-order valence-electron chi connectivity index (χ1n) is 6.17. The van der Waals surface area contributed by atoms with Crippen LogP contribution >= 0.6 is 0 Å². The number of hydrogen-bond donors (Lipinski definition) is 0. The Balaban J connectivity index is 1.84. The van der Waals surface area contributed by atoms with Crippen LogP contribution in [0.3, 0.4) is 0 Å². The summed E-state index contributed by atoms with van der Waals surface area (Å²) in [5.41, 5.74) is 0.536. The number of carbonyl (C=O) groups is 1. The minimum Gasteiger partial charge on any atom is -0.361 e. The van der Waals surface area contributed by atoms with Crippen molar-refractivity contribution in [1.29, 1.82) is 0 Å². The van der Waals surface area contributed by atoms with E-state index in [1.807, 2.05) is 0 Å². The van der Waals surface area contributed by atoms with Crippen LogP contribution in [0, 0.1) is 5.82 Å². The number of unbranched alkanes of at least 4 members (excludes halogenated alkanes) is 2. The molecule has 17 heavy (non-hydrogen) atoms. The highest BCUT2D eigenvalue weighted by atomic mass is 19.1. The van der Waals surface area contributed by atoms with Gasteiger partial charge in [-0.2, -0.15) is 0 Å². The van der Waals surface area contributed by atoms with E-state index >= 15 is 0 Å². The van der Waals surface area contributed by atoms with Crippen LogP contribution in [0.2, 0.25) is 0 Å². The van der Waals surface area contributed by atoms with Gasteiger partial charge in [0.1, 0.15) is 11.9 Å². The molecule has 0 aromatic heterocycles. The second kappa shape index (κ2) is 5.41. The average molecular weight is 236 g/mol. The Labute approximate surface area is 101 Å². The van der Waals surface area contributed by atoms with Crippen LogP contribution in [0.5, 0.6) is 0 Å². The summed E-state index contributed by atoms with van der Waals surface area (Å²) in [6.45, 7) is 2.15. The number of rotatable bonds is 6. The standard InChI is InChI=1S/C14H17FO2/c1-2-3-4-5-12-14(17-12)13(16)10-6-8-11(15)9-7-10/h6-9,12,14H,2-5H2,1H3/t12-,14+/m0/s1. The molecule has 1 aromatic rings. The van der Waals surface area contributed by atoms with Gasteiger partial charge in [-0.1, -0.05) is 26.2 Å². The third-order valence-electron chi connectivity index (χ3n) is 3.06. The third kappa shape index (κ3) is 3.13. The molecular formula is C14H17FO2.